The summed E-state index contributed by atoms with van der Waals surface area (Å²) in [7, 11) is 3.78. The molecule has 90 valence electrons. The van der Waals surface area contributed by atoms with E-state index >= 15 is 0 Å². The first-order valence-corrected chi connectivity index (χ1v) is 5.56. The van der Waals surface area contributed by atoms with Gasteiger partial charge >= 0.3 is 0 Å². The van der Waals surface area contributed by atoms with Crippen molar-refractivity contribution >= 4 is 0 Å². The summed E-state index contributed by atoms with van der Waals surface area (Å²) < 4.78 is 15.0. The summed E-state index contributed by atoms with van der Waals surface area (Å²) in [6.07, 6.45) is 0. The Morgan fingerprint density at radius 2 is 2.12 bits per heavy atom. The molecule has 0 amide bonds. The summed E-state index contributed by atoms with van der Waals surface area (Å²) >= 11 is 0. The number of rotatable bonds is 3. The van der Waals surface area contributed by atoms with Gasteiger partial charge in [0.05, 0.1) is 11.4 Å². The van der Waals surface area contributed by atoms with Crippen molar-refractivity contribution in [2.24, 2.45) is 7.05 Å². The van der Waals surface area contributed by atoms with Gasteiger partial charge in [-0.25, -0.2) is 4.39 Å². The SMILES string of the molecule is CNCc1cc(-c2ccc(F)c(C)c2)n(C)n1. The molecule has 0 spiro atoms. The largest absolute Gasteiger partial charge is 0.314 e. The molecule has 2 rings (SSSR count). The third-order valence-electron chi connectivity index (χ3n) is 2.74. The van der Waals surface area contributed by atoms with Crippen LogP contribution in [0.4, 0.5) is 4.39 Å². The number of hydrogen-bond donors (Lipinski definition) is 1. The first kappa shape index (κ1) is 11.8. The van der Waals surface area contributed by atoms with Crippen LogP contribution in [0.15, 0.2) is 24.3 Å². The second-order valence-electron chi connectivity index (χ2n) is 4.14. The second kappa shape index (κ2) is 4.67. The maximum Gasteiger partial charge on any atom is 0.126 e. The molecular formula is C13H16FN3. The summed E-state index contributed by atoms with van der Waals surface area (Å²) in [5.74, 6) is -0.175. The Hall–Kier alpha value is -1.68. The first-order valence-electron chi connectivity index (χ1n) is 5.56. The second-order valence-corrected chi connectivity index (χ2v) is 4.14. The summed E-state index contributed by atoms with van der Waals surface area (Å²) in [4.78, 5) is 0. The minimum atomic E-state index is -0.175. The molecule has 1 heterocycles. The summed E-state index contributed by atoms with van der Waals surface area (Å²) in [6, 6.07) is 7.14. The average molecular weight is 233 g/mol. The van der Waals surface area contributed by atoms with E-state index in [1.54, 1.807) is 13.0 Å². The highest BCUT2D eigenvalue weighted by Gasteiger charge is 2.08. The zero-order chi connectivity index (χ0) is 12.4. The maximum absolute atomic E-state index is 13.2. The highest BCUT2D eigenvalue weighted by atomic mass is 19.1. The first-order chi connectivity index (χ1) is 8.11. The topological polar surface area (TPSA) is 29.9 Å². The zero-order valence-corrected chi connectivity index (χ0v) is 10.3. The van der Waals surface area contributed by atoms with Gasteiger partial charge in [-0.1, -0.05) is 0 Å². The van der Waals surface area contributed by atoms with Gasteiger partial charge in [0.2, 0.25) is 0 Å². The quantitative estimate of drug-likeness (QED) is 0.881. The van der Waals surface area contributed by atoms with Crippen molar-refractivity contribution in [1.82, 2.24) is 15.1 Å². The van der Waals surface area contributed by atoms with Gasteiger partial charge in [0, 0.05) is 19.2 Å². The van der Waals surface area contributed by atoms with Crippen LogP contribution in [0.2, 0.25) is 0 Å². The number of aromatic nitrogens is 2. The lowest BCUT2D eigenvalue weighted by molar-refractivity contribution is 0.618. The Morgan fingerprint density at radius 1 is 1.35 bits per heavy atom. The number of halogens is 1. The third kappa shape index (κ3) is 2.36. The van der Waals surface area contributed by atoms with Crippen molar-refractivity contribution < 1.29 is 4.39 Å². The smallest absolute Gasteiger partial charge is 0.126 e. The lowest BCUT2D eigenvalue weighted by atomic mass is 10.1. The van der Waals surface area contributed by atoms with Gasteiger partial charge in [0.1, 0.15) is 5.82 Å². The number of nitrogens with zero attached hydrogens (tertiary/aromatic N) is 2. The summed E-state index contributed by atoms with van der Waals surface area (Å²) in [5.41, 5.74) is 3.62. The molecule has 0 saturated heterocycles. The molecule has 0 saturated carbocycles. The van der Waals surface area contributed by atoms with Crippen molar-refractivity contribution in [1.29, 1.82) is 0 Å². The molecule has 2 aromatic rings. The average Bonchev–Trinajstić information content (AvgIpc) is 2.64. The fraction of sp³-hybridized carbons (Fsp3) is 0.308. The predicted molar refractivity (Wildman–Crippen MR) is 66.1 cm³/mol. The van der Waals surface area contributed by atoms with Crippen LogP contribution in [-0.4, -0.2) is 16.8 Å². The van der Waals surface area contributed by atoms with Crippen molar-refractivity contribution in [3.05, 3.63) is 41.3 Å². The maximum atomic E-state index is 13.2. The molecule has 0 radical (unpaired) electrons. The summed E-state index contributed by atoms with van der Waals surface area (Å²) in [5, 5.41) is 7.45. The van der Waals surface area contributed by atoms with E-state index in [2.05, 4.69) is 10.4 Å². The van der Waals surface area contributed by atoms with E-state index in [9.17, 15) is 4.39 Å². The fourth-order valence-corrected chi connectivity index (χ4v) is 1.87. The zero-order valence-electron chi connectivity index (χ0n) is 10.3. The lowest BCUT2D eigenvalue weighted by Gasteiger charge is -2.03. The van der Waals surface area contributed by atoms with Crippen LogP contribution >= 0.6 is 0 Å². The van der Waals surface area contributed by atoms with E-state index in [1.807, 2.05) is 30.9 Å². The van der Waals surface area contributed by atoms with Crippen LogP contribution in [0, 0.1) is 12.7 Å². The molecule has 0 bridgehead atoms. The standard InChI is InChI=1S/C13H16FN3/c1-9-6-10(4-5-12(9)14)13-7-11(8-15-2)16-17(13)3/h4-7,15H,8H2,1-3H3. The Bertz CT molecular complexity index is 531. The Balaban J connectivity index is 2.41. The number of aryl methyl sites for hydroxylation is 2. The number of benzene rings is 1. The molecule has 3 nitrogen and oxygen atoms in total. The molecule has 0 aliphatic carbocycles. The molecule has 4 heteroatoms. The highest BCUT2D eigenvalue weighted by Crippen LogP contribution is 2.22. The van der Waals surface area contributed by atoms with Crippen molar-refractivity contribution in [2.75, 3.05) is 7.05 Å². The molecule has 1 N–H and O–H groups in total. The normalized spacial score (nSPS) is 10.8. The van der Waals surface area contributed by atoms with E-state index in [-0.39, 0.29) is 5.82 Å². The highest BCUT2D eigenvalue weighted by molar-refractivity contribution is 5.61. The summed E-state index contributed by atoms with van der Waals surface area (Å²) in [6.45, 7) is 2.50. The minimum Gasteiger partial charge on any atom is -0.314 e. The molecule has 17 heavy (non-hydrogen) atoms. The predicted octanol–water partition coefficient (Wildman–Crippen LogP) is 2.25. The van der Waals surface area contributed by atoms with Crippen molar-refractivity contribution in [3.63, 3.8) is 0 Å². The van der Waals surface area contributed by atoms with E-state index in [1.165, 1.54) is 6.07 Å². The van der Waals surface area contributed by atoms with Crippen LogP contribution in [0.5, 0.6) is 0 Å². The van der Waals surface area contributed by atoms with Crippen LogP contribution in [-0.2, 0) is 13.6 Å². The van der Waals surface area contributed by atoms with Crippen LogP contribution in [0.3, 0.4) is 0 Å². The van der Waals surface area contributed by atoms with Gasteiger partial charge in [-0.15, -0.1) is 0 Å². The Kier molecular flexibility index (Phi) is 3.24. The van der Waals surface area contributed by atoms with Gasteiger partial charge in [0.25, 0.3) is 0 Å². The fourth-order valence-electron chi connectivity index (χ4n) is 1.87. The van der Waals surface area contributed by atoms with E-state index in [4.69, 9.17) is 0 Å². The van der Waals surface area contributed by atoms with Crippen molar-refractivity contribution in [2.45, 2.75) is 13.5 Å². The van der Waals surface area contributed by atoms with Crippen LogP contribution in [0.25, 0.3) is 11.3 Å². The molecule has 0 unspecified atom stereocenters. The molecule has 0 aliphatic rings. The molecular weight excluding hydrogens is 217 g/mol. The van der Waals surface area contributed by atoms with E-state index < -0.39 is 0 Å². The van der Waals surface area contributed by atoms with Gasteiger partial charge < -0.3 is 5.32 Å². The molecule has 1 aromatic carbocycles. The Morgan fingerprint density at radius 3 is 2.76 bits per heavy atom. The van der Waals surface area contributed by atoms with Gasteiger partial charge in [-0.2, -0.15) is 5.10 Å². The van der Waals surface area contributed by atoms with Gasteiger partial charge in [-0.05, 0) is 43.8 Å². The van der Waals surface area contributed by atoms with Gasteiger partial charge in [0.15, 0.2) is 0 Å². The minimum absolute atomic E-state index is 0.175. The molecule has 0 aliphatic heterocycles. The Labute approximate surface area is 100 Å². The van der Waals surface area contributed by atoms with Crippen LogP contribution < -0.4 is 5.32 Å². The molecule has 1 aromatic heterocycles. The lowest BCUT2D eigenvalue weighted by Crippen LogP contribution is -2.05. The third-order valence-corrected chi connectivity index (χ3v) is 2.74. The van der Waals surface area contributed by atoms with Crippen LogP contribution in [0.1, 0.15) is 11.3 Å². The van der Waals surface area contributed by atoms with Gasteiger partial charge in [-0.3, -0.25) is 4.68 Å². The van der Waals surface area contributed by atoms with E-state index in [0.29, 0.717) is 5.56 Å². The molecule has 0 fully saturated rings. The van der Waals surface area contributed by atoms with E-state index in [0.717, 1.165) is 23.5 Å². The monoisotopic (exact) mass is 233 g/mol. The number of hydrogen-bond acceptors (Lipinski definition) is 2. The van der Waals surface area contributed by atoms with Crippen molar-refractivity contribution in [3.8, 4) is 11.3 Å². The molecule has 0 atom stereocenters. The number of nitrogens with one attached hydrogen (secondary N) is 1.